The summed E-state index contributed by atoms with van der Waals surface area (Å²) in [4.78, 5) is 0. The highest BCUT2D eigenvalue weighted by atomic mass is 28.3. The lowest BCUT2D eigenvalue weighted by atomic mass is 9.79. The van der Waals surface area contributed by atoms with Crippen LogP contribution >= 0.6 is 0 Å². The van der Waals surface area contributed by atoms with E-state index in [9.17, 15) is 0 Å². The van der Waals surface area contributed by atoms with Gasteiger partial charge in [-0.15, -0.1) is 0 Å². The summed E-state index contributed by atoms with van der Waals surface area (Å²) < 4.78 is 40.6. The summed E-state index contributed by atoms with van der Waals surface area (Å²) in [5, 5.41) is 4.29. The molecule has 0 fully saturated rings. The average Bonchev–Trinajstić information content (AvgIpc) is 3.38. The highest BCUT2D eigenvalue weighted by Gasteiger charge is 2.53. The predicted octanol–water partition coefficient (Wildman–Crippen LogP) is 13.6. The molecule has 2 heterocycles. The van der Waals surface area contributed by atoms with Crippen LogP contribution in [-0.2, 0) is 0 Å². The summed E-state index contributed by atoms with van der Waals surface area (Å²) in [6.07, 6.45) is 0. The van der Waals surface area contributed by atoms with Crippen LogP contribution in [0.15, 0.2) is 237 Å². The van der Waals surface area contributed by atoms with Gasteiger partial charge >= 0.3 is 0 Å². The fourth-order valence-corrected chi connectivity index (χ4v) is 15.4. The summed E-state index contributed by atoms with van der Waals surface area (Å²) >= 11 is 0. The van der Waals surface area contributed by atoms with E-state index in [0.29, 0.717) is 11.3 Å². The van der Waals surface area contributed by atoms with E-state index >= 15 is 0 Å². The van der Waals surface area contributed by atoms with Crippen LogP contribution in [0, 0.1) is 6.85 Å². The van der Waals surface area contributed by atoms with Gasteiger partial charge in [0.15, 0.2) is 8.07 Å². The minimum Gasteiger partial charge on any atom is -0.458 e. The molecule has 0 N–H and O–H groups in total. The van der Waals surface area contributed by atoms with Crippen LogP contribution in [0.5, 0.6) is 23.0 Å². The number of aryl methyl sites for hydroxylation is 1. The van der Waals surface area contributed by atoms with Gasteiger partial charge in [0.05, 0.1) is 0 Å². The van der Waals surface area contributed by atoms with Crippen LogP contribution in [-0.4, -0.2) is 8.07 Å². The molecule has 0 aliphatic carbocycles. The summed E-state index contributed by atoms with van der Waals surface area (Å²) in [5.41, 5.74) is 12.6. The normalized spacial score (nSPS) is 13.7. The molecule has 0 saturated carbocycles. The van der Waals surface area contributed by atoms with Gasteiger partial charge in [0.2, 0.25) is 0 Å². The van der Waals surface area contributed by atoms with Crippen molar-refractivity contribution in [3.8, 4) is 89.8 Å². The number of benzene rings is 10. The minimum absolute atomic E-state index is 0.242. The van der Waals surface area contributed by atoms with E-state index in [0.717, 1.165) is 99.2 Å². The number of ether oxygens (including phenoxy) is 2. The van der Waals surface area contributed by atoms with Crippen molar-refractivity contribution in [1.29, 1.82) is 0 Å². The van der Waals surface area contributed by atoms with Gasteiger partial charge in [-0.2, -0.15) is 0 Å². The van der Waals surface area contributed by atoms with Crippen molar-refractivity contribution < 1.29 is 13.6 Å². The van der Waals surface area contributed by atoms with Crippen molar-refractivity contribution in [3.63, 3.8) is 0 Å². The molecule has 0 bridgehead atoms. The first kappa shape index (κ1) is 34.6. The smallest absolute Gasteiger partial charge is 0.196 e. The largest absolute Gasteiger partial charge is 0.458 e. The molecule has 0 radical (unpaired) electrons. The van der Waals surface area contributed by atoms with Crippen LogP contribution in [0.1, 0.15) is 9.68 Å². The summed E-state index contributed by atoms with van der Waals surface area (Å²) in [5.74, 6) is 2.91. The lowest BCUT2D eigenvalue weighted by Crippen LogP contribution is -2.77. The van der Waals surface area contributed by atoms with Crippen LogP contribution in [0.2, 0.25) is 0 Å². The molecule has 2 aliphatic rings. The van der Waals surface area contributed by atoms with E-state index in [1.54, 1.807) is 0 Å². The maximum Gasteiger partial charge on any atom is 0.196 e. The fraction of sp³-hybridized carbons (Fsp3) is 0.0164. The topological polar surface area (TPSA) is 18.5 Å². The van der Waals surface area contributed by atoms with Crippen LogP contribution in [0.3, 0.4) is 0 Å². The van der Waals surface area contributed by atoms with Crippen LogP contribution < -0.4 is 30.2 Å². The molecule has 2 aliphatic heterocycles. The third kappa shape index (κ3) is 5.93. The molecule has 64 heavy (non-hydrogen) atoms. The maximum absolute atomic E-state index is 8.97. The number of rotatable bonds is 6. The standard InChI is InChI=1S/C61H42O2Si/c1-41-34-39-56-61(63-52-30-16-19-33-55(52)64(56)53-31-17-14-28-50(53)62-51-29-15-18-32-54(51)64)57(41)47-37-35-43(36-38-47)49-40-48(42-20-6-2-7-21-42)58(44-22-8-3-9-23-44)60(46-26-12-5-13-27-46)59(49)45-24-10-4-11-25-45/h2-40H,1H3/i1D3. The lowest BCUT2D eigenvalue weighted by molar-refractivity contribution is 0.482. The van der Waals surface area contributed by atoms with E-state index in [-0.39, 0.29) is 5.56 Å². The molecule has 12 rings (SSSR count). The second kappa shape index (κ2) is 15.4. The van der Waals surface area contributed by atoms with E-state index < -0.39 is 14.9 Å². The van der Waals surface area contributed by atoms with E-state index in [1.807, 2.05) is 48.5 Å². The van der Waals surface area contributed by atoms with Gasteiger partial charge in [-0.05, 0) is 119 Å². The van der Waals surface area contributed by atoms with Gasteiger partial charge in [-0.3, -0.25) is 0 Å². The third-order valence-electron chi connectivity index (χ3n) is 13.0. The first-order valence-corrected chi connectivity index (χ1v) is 23.8. The monoisotopic (exact) mass is 837 g/mol. The molecule has 0 atom stereocenters. The Balaban J connectivity index is 1.13. The first-order chi connectivity index (χ1) is 32.9. The zero-order valence-corrected chi connectivity index (χ0v) is 35.8. The van der Waals surface area contributed by atoms with Crippen molar-refractivity contribution in [3.05, 3.63) is 242 Å². The summed E-state index contributed by atoms with van der Waals surface area (Å²) in [6, 6.07) is 82.1. The second-order valence-corrected chi connectivity index (χ2v) is 20.1. The summed E-state index contributed by atoms with van der Waals surface area (Å²) in [7, 11) is -3.15. The molecular formula is C61H42O2Si. The van der Waals surface area contributed by atoms with Gasteiger partial charge in [0.1, 0.15) is 23.0 Å². The van der Waals surface area contributed by atoms with Gasteiger partial charge < -0.3 is 9.47 Å². The van der Waals surface area contributed by atoms with Crippen molar-refractivity contribution in [2.24, 2.45) is 0 Å². The van der Waals surface area contributed by atoms with E-state index in [2.05, 4.69) is 188 Å². The van der Waals surface area contributed by atoms with Gasteiger partial charge in [0.25, 0.3) is 0 Å². The first-order valence-electron chi connectivity index (χ1n) is 23.3. The molecule has 0 saturated heterocycles. The molecular weight excluding hydrogens is 793 g/mol. The zero-order chi connectivity index (χ0) is 45.1. The Kier molecular flexibility index (Phi) is 8.34. The lowest BCUT2D eigenvalue weighted by Gasteiger charge is -2.43. The number of para-hydroxylation sites is 3. The molecule has 0 aromatic heterocycles. The van der Waals surface area contributed by atoms with Crippen molar-refractivity contribution in [1.82, 2.24) is 0 Å². The van der Waals surface area contributed by atoms with Crippen LogP contribution in [0.25, 0.3) is 66.8 Å². The van der Waals surface area contributed by atoms with Gasteiger partial charge in [0, 0.05) is 9.68 Å². The quantitative estimate of drug-likeness (QED) is 0.155. The van der Waals surface area contributed by atoms with Gasteiger partial charge in [-0.1, -0.05) is 212 Å². The molecule has 302 valence electrons. The Hall–Kier alpha value is -7.98. The Morgan fingerprint density at radius 1 is 0.312 bits per heavy atom. The maximum atomic E-state index is 8.97. The zero-order valence-electron chi connectivity index (χ0n) is 37.8. The number of hydrogen-bond donors (Lipinski definition) is 0. The molecule has 10 aromatic rings. The Morgan fingerprint density at radius 2 is 0.688 bits per heavy atom. The second-order valence-electron chi connectivity index (χ2n) is 16.4. The van der Waals surface area contributed by atoms with E-state index in [1.165, 1.54) is 0 Å². The van der Waals surface area contributed by atoms with Crippen molar-refractivity contribution in [2.75, 3.05) is 0 Å². The van der Waals surface area contributed by atoms with Gasteiger partial charge in [-0.25, -0.2) is 0 Å². The third-order valence-corrected chi connectivity index (χ3v) is 17.8. The molecule has 0 amide bonds. The Morgan fingerprint density at radius 3 is 1.17 bits per heavy atom. The molecule has 3 heteroatoms. The molecule has 10 aromatic carbocycles. The minimum atomic E-state index is -3.15. The highest BCUT2D eigenvalue weighted by Crippen LogP contribution is 2.51. The Labute approximate surface area is 379 Å². The fourth-order valence-electron chi connectivity index (χ4n) is 10.2. The van der Waals surface area contributed by atoms with Crippen molar-refractivity contribution in [2.45, 2.75) is 6.85 Å². The average molecular weight is 838 g/mol. The number of fused-ring (bicyclic) bond motifs is 8. The van der Waals surface area contributed by atoms with Crippen LogP contribution in [0.4, 0.5) is 0 Å². The molecule has 0 unspecified atom stereocenters. The Bertz CT molecular complexity index is 3420. The predicted molar refractivity (Wildman–Crippen MR) is 268 cm³/mol. The molecule has 2 nitrogen and oxygen atoms in total. The number of hydrogen-bond acceptors (Lipinski definition) is 2. The summed E-state index contributed by atoms with van der Waals surface area (Å²) in [6.45, 7) is -2.44. The van der Waals surface area contributed by atoms with E-state index in [4.69, 9.17) is 13.6 Å². The SMILES string of the molecule is [2H]C([2H])([2H])c1ccc2c(c1-c1ccc(-c3cc(-c4ccccc4)c(-c4ccccc4)c(-c4ccccc4)c3-c3ccccc3)cc1)Oc1ccccc1[Si]21c2ccccc2Oc2ccccc21. The molecule has 1 spiro atoms. The highest BCUT2D eigenvalue weighted by molar-refractivity contribution is 7.21. The van der Waals surface area contributed by atoms with Crippen molar-refractivity contribution >= 4 is 28.8 Å².